The van der Waals surface area contributed by atoms with Gasteiger partial charge in [-0.05, 0) is 149 Å². The molecule has 0 radical (unpaired) electrons. The number of hydrogen-bond acceptors (Lipinski definition) is 13. The summed E-state index contributed by atoms with van der Waals surface area (Å²) in [6.45, 7) is 3.80. The van der Waals surface area contributed by atoms with Crippen molar-refractivity contribution in [2.75, 3.05) is 45.1 Å². The number of carbonyl (C=O) groups excluding carboxylic acids is 2. The number of pyridine rings is 2. The number of fused-ring (bicyclic) bond motifs is 2. The lowest BCUT2D eigenvalue weighted by molar-refractivity contribution is -0.120. The van der Waals surface area contributed by atoms with Gasteiger partial charge in [0.1, 0.15) is 28.6 Å². The fourth-order valence-electron chi connectivity index (χ4n) is 9.28. The molecule has 2 atom stereocenters. The molecule has 7 aromatic carbocycles. The summed E-state index contributed by atoms with van der Waals surface area (Å²) in [5, 5.41) is 37.3. The van der Waals surface area contributed by atoms with E-state index in [-0.39, 0.29) is 47.9 Å². The van der Waals surface area contributed by atoms with E-state index < -0.39 is 29.4 Å². The van der Waals surface area contributed by atoms with Gasteiger partial charge in [-0.15, -0.1) is 0 Å². The van der Waals surface area contributed by atoms with Crippen LogP contribution in [-0.2, 0) is 28.0 Å². The molecule has 0 aliphatic heterocycles. The summed E-state index contributed by atoms with van der Waals surface area (Å²) in [5.41, 5.74) is 19.1. The molecule has 81 heavy (non-hydrogen) atoms. The van der Waals surface area contributed by atoms with E-state index >= 15 is 0 Å². The molecule has 9 rings (SSSR count). The van der Waals surface area contributed by atoms with Gasteiger partial charge in [-0.1, -0.05) is 66.7 Å². The molecule has 0 aliphatic carbocycles. The number of rotatable bonds is 19. The number of aryl methyl sites for hydroxylation is 1. The monoisotopic (exact) mass is 1090 g/mol. The van der Waals surface area contributed by atoms with Gasteiger partial charge in [-0.2, -0.15) is 0 Å². The van der Waals surface area contributed by atoms with Crippen LogP contribution >= 0.6 is 0 Å². The first-order valence-electron chi connectivity index (χ1n) is 25.5. The van der Waals surface area contributed by atoms with E-state index in [2.05, 4.69) is 20.6 Å². The molecule has 0 saturated heterocycles. The molecule has 0 bridgehead atoms. The average Bonchev–Trinajstić information content (AvgIpc) is 3.61. The van der Waals surface area contributed by atoms with E-state index in [1.54, 1.807) is 49.1 Å². The first-order valence-corrected chi connectivity index (χ1v) is 25.5. The second kappa shape index (κ2) is 27.1. The Hall–Kier alpha value is -9.97. The van der Waals surface area contributed by atoms with Crippen LogP contribution in [0, 0.1) is 13.8 Å². The van der Waals surface area contributed by atoms with Crippen molar-refractivity contribution in [3.05, 3.63) is 232 Å². The second-order valence-electron chi connectivity index (χ2n) is 18.9. The molecule has 0 spiro atoms. The molecule has 2 unspecified atom stereocenters. The summed E-state index contributed by atoms with van der Waals surface area (Å²) in [6, 6.07) is 44.6. The van der Waals surface area contributed by atoms with Gasteiger partial charge in [-0.25, -0.2) is 14.4 Å². The smallest absolute Gasteiger partial charge is 0.339 e. The highest BCUT2D eigenvalue weighted by atomic mass is 16.5. The van der Waals surface area contributed by atoms with Gasteiger partial charge < -0.3 is 51.6 Å². The van der Waals surface area contributed by atoms with Crippen LogP contribution in [0.15, 0.2) is 176 Å². The Morgan fingerprint density at radius 1 is 0.593 bits per heavy atom. The number of carboxylic acids is 3. The van der Waals surface area contributed by atoms with Crippen LogP contribution in [0.1, 0.15) is 75.9 Å². The largest absolute Gasteiger partial charge is 0.497 e. The summed E-state index contributed by atoms with van der Waals surface area (Å²) < 4.78 is 14.7. The predicted octanol–water partition coefficient (Wildman–Crippen LogP) is 10.2. The third kappa shape index (κ3) is 14.4. The molecule has 2 heterocycles. The van der Waals surface area contributed by atoms with Gasteiger partial charge in [0, 0.05) is 72.5 Å². The zero-order valence-electron chi connectivity index (χ0n) is 45.3. The summed E-state index contributed by atoms with van der Waals surface area (Å²) in [4.78, 5) is 70.0. The minimum atomic E-state index is -1.44. The van der Waals surface area contributed by atoms with Crippen LogP contribution in [0.5, 0.6) is 17.2 Å². The van der Waals surface area contributed by atoms with E-state index in [9.17, 15) is 29.1 Å². The number of carbonyl (C=O) groups is 5. The fraction of sp³-hybridized carbons (Fsp3) is 0.172. The number of ether oxygens (including phenoxy) is 3. The van der Waals surface area contributed by atoms with Crippen LogP contribution in [0.3, 0.4) is 0 Å². The number of aromatic carboxylic acids is 3. The number of nitrogens with one attached hydrogen (secondary N) is 2. The number of ketones is 1. The van der Waals surface area contributed by atoms with E-state index in [1.807, 2.05) is 117 Å². The minimum Gasteiger partial charge on any atom is -0.497 e. The first-order chi connectivity index (χ1) is 39.0. The van der Waals surface area contributed by atoms with Crippen LogP contribution in [0.4, 0.5) is 11.4 Å². The number of nitrogens with zero attached hydrogens (tertiary/aromatic N) is 2. The Kier molecular flexibility index (Phi) is 19.6. The van der Waals surface area contributed by atoms with Crippen molar-refractivity contribution in [3.63, 3.8) is 0 Å². The standard InChI is InChI=1S/C47H44N6O4.C9H10O4.C8H8O3/c1-29-9-14-41(45(55)56)30(2)42(29)21-31-5-3-7-35(19-31)43(25-48)44(54)22-32-6-4-8-38(20-32)47(28-49,53-40-13-11-37-27-51-18-16-34(37)24-40)46(57)52-39-12-10-36-26-50-17-15-33(36)23-39;1-12-6-3-4-7(9(10)11)8(5-6)13-2;1-11-7-4-2-6(3-5-7)8(9)10/h3-20,23-24,26-27,43,53H,21-22,25,28,48-49H2,1-2H3,(H,52,57)(H,55,56);3-5H,1-2H3,(H,10,11);2-5H,1H3,(H,9,10). The number of benzene rings is 7. The molecule has 9 N–H and O–H groups in total. The highest BCUT2D eigenvalue weighted by Gasteiger charge is 2.40. The molecule has 9 aromatic rings. The number of anilines is 2. The second-order valence-corrected chi connectivity index (χ2v) is 18.9. The van der Waals surface area contributed by atoms with Crippen LogP contribution in [-0.4, -0.2) is 89.3 Å². The van der Waals surface area contributed by atoms with Gasteiger partial charge >= 0.3 is 17.9 Å². The van der Waals surface area contributed by atoms with Crippen molar-refractivity contribution in [2.24, 2.45) is 11.5 Å². The SMILES string of the molecule is COc1ccc(C(=O)O)c(OC)c1.COc1ccc(C(=O)O)cc1.Cc1ccc(C(=O)O)c(C)c1Cc1cccc(C(CN)C(=O)Cc2cccc(C(CN)(Nc3ccc4cnccc4c3)C(=O)Nc3ccc4cnccc4c3)c2)c1. The normalized spacial score (nSPS) is 11.8. The zero-order chi connectivity index (χ0) is 58.2. The van der Waals surface area contributed by atoms with Crippen LogP contribution in [0.2, 0.25) is 0 Å². The Labute approximate surface area is 468 Å². The van der Waals surface area contributed by atoms with Crippen molar-refractivity contribution in [1.82, 2.24) is 9.97 Å². The fourth-order valence-corrected chi connectivity index (χ4v) is 9.28. The number of aromatic nitrogens is 2. The lowest BCUT2D eigenvalue weighted by atomic mass is 9.85. The molecule has 0 saturated carbocycles. The molecule has 1 amide bonds. The molecule has 17 nitrogen and oxygen atoms in total. The van der Waals surface area contributed by atoms with Gasteiger partial charge in [0.25, 0.3) is 5.91 Å². The Bertz CT molecular complexity index is 3740. The van der Waals surface area contributed by atoms with Crippen molar-refractivity contribution < 1.29 is 53.5 Å². The van der Waals surface area contributed by atoms with Crippen LogP contribution < -0.4 is 36.3 Å². The van der Waals surface area contributed by atoms with Gasteiger partial charge in [-0.3, -0.25) is 19.6 Å². The summed E-state index contributed by atoms with van der Waals surface area (Å²) in [7, 11) is 4.46. The Balaban J connectivity index is 0.000000323. The maximum absolute atomic E-state index is 14.6. The summed E-state index contributed by atoms with van der Waals surface area (Å²) >= 11 is 0. The average molecular weight is 1090 g/mol. The van der Waals surface area contributed by atoms with Gasteiger partial charge in [0.05, 0.1) is 38.4 Å². The van der Waals surface area contributed by atoms with Crippen molar-refractivity contribution in [2.45, 2.75) is 38.1 Å². The number of hydrogen-bond donors (Lipinski definition) is 7. The third-order valence-corrected chi connectivity index (χ3v) is 13.8. The van der Waals surface area contributed by atoms with Crippen molar-refractivity contribution in [3.8, 4) is 17.2 Å². The third-order valence-electron chi connectivity index (χ3n) is 13.8. The topological polar surface area (TPSA) is 276 Å². The maximum atomic E-state index is 14.6. The Morgan fingerprint density at radius 2 is 1.20 bits per heavy atom. The number of amides is 1. The highest BCUT2D eigenvalue weighted by Crippen LogP contribution is 2.32. The van der Waals surface area contributed by atoms with E-state index in [1.165, 1.54) is 45.6 Å². The van der Waals surface area contributed by atoms with Crippen LogP contribution in [0.25, 0.3) is 21.5 Å². The minimum absolute atomic E-state index is 0.0722. The molecule has 414 valence electrons. The summed E-state index contributed by atoms with van der Waals surface area (Å²) in [5.74, 6) is -2.40. The first kappa shape index (κ1) is 58.7. The number of carboxylic acid groups (broad SMARTS) is 3. The number of methoxy groups -OCH3 is 3. The molecule has 0 aliphatic rings. The molecule has 0 fully saturated rings. The van der Waals surface area contributed by atoms with Gasteiger partial charge in [0.15, 0.2) is 5.54 Å². The lowest BCUT2D eigenvalue weighted by Crippen LogP contribution is -2.52. The van der Waals surface area contributed by atoms with E-state index in [4.69, 9.17) is 35.9 Å². The van der Waals surface area contributed by atoms with E-state index in [0.717, 1.165) is 49.4 Å². The summed E-state index contributed by atoms with van der Waals surface area (Å²) in [6.07, 6.45) is 7.57. The maximum Gasteiger partial charge on any atom is 0.339 e. The Morgan fingerprint density at radius 3 is 1.80 bits per heavy atom. The highest BCUT2D eigenvalue weighted by molar-refractivity contribution is 6.03. The quantitative estimate of drug-likeness (QED) is 0.0397. The zero-order valence-corrected chi connectivity index (χ0v) is 45.3. The van der Waals surface area contributed by atoms with Crippen molar-refractivity contribution >= 4 is 62.5 Å². The lowest BCUT2D eigenvalue weighted by Gasteiger charge is -2.34. The molecular weight excluding hydrogens is 1030 g/mol. The van der Waals surface area contributed by atoms with Gasteiger partial charge in [0.2, 0.25) is 0 Å². The number of nitrogens with two attached hydrogens (primary N) is 2. The van der Waals surface area contributed by atoms with E-state index in [0.29, 0.717) is 46.2 Å². The molecule has 2 aromatic heterocycles. The van der Waals surface area contributed by atoms with Crippen molar-refractivity contribution in [1.29, 1.82) is 0 Å². The number of Topliss-reactive ketones (excluding diaryl/α,β-unsaturated/α-hetero) is 1. The molecular formula is C64H62N6O11. The predicted molar refractivity (Wildman–Crippen MR) is 312 cm³/mol. The molecule has 17 heteroatoms.